The van der Waals surface area contributed by atoms with Gasteiger partial charge in [0.25, 0.3) is 0 Å². The van der Waals surface area contributed by atoms with E-state index in [-0.39, 0.29) is 4.90 Å². The van der Waals surface area contributed by atoms with Crippen molar-refractivity contribution in [1.82, 2.24) is 14.9 Å². The fraction of sp³-hybridized carbons (Fsp3) is 0.350. The minimum absolute atomic E-state index is 0.116. The van der Waals surface area contributed by atoms with E-state index in [2.05, 4.69) is 20.2 Å². The number of sulfonamides is 1. The second-order valence-corrected chi connectivity index (χ2v) is 10.4. The maximum Gasteiger partial charge on any atom is 0.242 e. The monoisotopic (exact) mass is 446 g/mol. The number of carbonyl (C=O) groups is 1. The van der Waals surface area contributed by atoms with Gasteiger partial charge in [0, 0.05) is 10.8 Å². The van der Waals surface area contributed by atoms with Gasteiger partial charge in [0.15, 0.2) is 0 Å². The summed E-state index contributed by atoms with van der Waals surface area (Å²) in [5.74, 6) is 1.07. The van der Waals surface area contributed by atoms with Crippen molar-refractivity contribution in [1.29, 1.82) is 0 Å². The molecule has 2 heterocycles. The zero-order valence-electron chi connectivity index (χ0n) is 16.8. The lowest BCUT2D eigenvalue weighted by atomic mass is 10.2. The molecule has 1 aromatic carbocycles. The summed E-state index contributed by atoms with van der Waals surface area (Å²) in [4.78, 5) is 18.8. The third-order valence-corrected chi connectivity index (χ3v) is 7.42. The average Bonchev–Trinajstić information content (AvgIpc) is 3.31. The predicted octanol–water partition coefficient (Wildman–Crippen LogP) is 3.60. The molecule has 1 saturated carbocycles. The number of nitrogens with zero attached hydrogens (tertiary/aromatic N) is 2. The molecule has 1 aliphatic carbocycles. The molecule has 0 unspecified atom stereocenters. The number of benzene rings is 1. The molecule has 4 rings (SSSR count). The summed E-state index contributed by atoms with van der Waals surface area (Å²) in [7, 11) is -3.80. The van der Waals surface area contributed by atoms with E-state index in [1.807, 2.05) is 13.8 Å². The fourth-order valence-corrected chi connectivity index (χ4v) is 4.96. The molecule has 1 amide bonds. The smallest absolute Gasteiger partial charge is 0.242 e. The number of aromatic nitrogens is 2. The first kappa shape index (κ1) is 20.7. The number of anilines is 1. The first-order valence-corrected chi connectivity index (χ1v) is 11.9. The summed E-state index contributed by atoms with van der Waals surface area (Å²) in [6, 6.07) is 7.27. The van der Waals surface area contributed by atoms with Gasteiger partial charge in [0.1, 0.15) is 0 Å². The Labute approximate surface area is 178 Å². The second kappa shape index (κ2) is 7.93. The first-order chi connectivity index (χ1) is 14.2. The van der Waals surface area contributed by atoms with Gasteiger partial charge in [-0.15, -0.1) is 11.3 Å². The molecule has 3 aromatic rings. The number of thiophene rings is 1. The molecule has 158 valence electrons. The standard InChI is InChI=1S/C20H22N4O4S2/c1-11-4-8-15(9-5-11)30(26,27)24-12(2)19(25)21-16-10-17(29-13(16)3)18-22-20(28-23-18)14-6-7-14/h4-5,8-10,12,14,24H,6-7H2,1-3H3,(H,21,25)/t12-/m0/s1. The lowest BCUT2D eigenvalue weighted by Crippen LogP contribution is -2.41. The van der Waals surface area contributed by atoms with Gasteiger partial charge >= 0.3 is 0 Å². The number of nitrogens with one attached hydrogen (secondary N) is 2. The quantitative estimate of drug-likeness (QED) is 0.573. The largest absolute Gasteiger partial charge is 0.339 e. The third-order valence-electron chi connectivity index (χ3n) is 4.82. The number of amides is 1. The van der Waals surface area contributed by atoms with Crippen LogP contribution in [0.2, 0.25) is 0 Å². The lowest BCUT2D eigenvalue weighted by molar-refractivity contribution is -0.117. The Morgan fingerprint density at radius 2 is 1.93 bits per heavy atom. The summed E-state index contributed by atoms with van der Waals surface area (Å²) in [6.07, 6.45) is 2.14. The minimum atomic E-state index is -3.80. The molecule has 1 atom stereocenters. The topological polar surface area (TPSA) is 114 Å². The van der Waals surface area contributed by atoms with Crippen LogP contribution in [-0.4, -0.2) is 30.5 Å². The Balaban J connectivity index is 1.44. The van der Waals surface area contributed by atoms with Gasteiger partial charge in [-0.05, 0) is 51.8 Å². The van der Waals surface area contributed by atoms with Crippen LogP contribution >= 0.6 is 11.3 Å². The van der Waals surface area contributed by atoms with E-state index < -0.39 is 22.0 Å². The number of carbonyl (C=O) groups excluding carboxylic acids is 1. The Kier molecular flexibility index (Phi) is 5.48. The van der Waals surface area contributed by atoms with Crippen LogP contribution in [0.5, 0.6) is 0 Å². The van der Waals surface area contributed by atoms with E-state index >= 15 is 0 Å². The van der Waals surface area contributed by atoms with Crippen LogP contribution in [0.15, 0.2) is 39.8 Å². The molecule has 8 nitrogen and oxygen atoms in total. The Bertz CT molecular complexity index is 1180. The zero-order valence-corrected chi connectivity index (χ0v) is 18.4. The molecule has 0 radical (unpaired) electrons. The first-order valence-electron chi connectivity index (χ1n) is 9.57. The molecule has 30 heavy (non-hydrogen) atoms. The van der Waals surface area contributed by atoms with E-state index in [1.165, 1.54) is 30.4 Å². The van der Waals surface area contributed by atoms with Crippen molar-refractivity contribution >= 4 is 33.0 Å². The van der Waals surface area contributed by atoms with Crippen molar-refractivity contribution in [3.8, 4) is 10.7 Å². The van der Waals surface area contributed by atoms with E-state index in [1.54, 1.807) is 18.2 Å². The normalized spacial score (nSPS) is 15.2. The van der Waals surface area contributed by atoms with Crippen molar-refractivity contribution in [2.75, 3.05) is 5.32 Å². The molecule has 2 aromatic heterocycles. The zero-order chi connectivity index (χ0) is 21.5. The van der Waals surface area contributed by atoms with Gasteiger partial charge in [-0.25, -0.2) is 8.42 Å². The van der Waals surface area contributed by atoms with Crippen LogP contribution in [0, 0.1) is 13.8 Å². The SMILES string of the molecule is Cc1ccc(S(=O)(=O)N[C@@H](C)C(=O)Nc2cc(-c3noc(C4CC4)n3)sc2C)cc1. The third kappa shape index (κ3) is 4.45. The maximum absolute atomic E-state index is 12.6. The van der Waals surface area contributed by atoms with Crippen LogP contribution < -0.4 is 10.0 Å². The molecule has 2 N–H and O–H groups in total. The van der Waals surface area contributed by atoms with Gasteiger partial charge < -0.3 is 9.84 Å². The number of hydrogen-bond acceptors (Lipinski definition) is 7. The van der Waals surface area contributed by atoms with Crippen molar-refractivity contribution in [3.63, 3.8) is 0 Å². The molecule has 0 bridgehead atoms. The molecule has 10 heteroatoms. The van der Waals surface area contributed by atoms with Crippen LogP contribution in [0.3, 0.4) is 0 Å². The van der Waals surface area contributed by atoms with E-state index in [0.29, 0.717) is 23.3 Å². The molecule has 1 aliphatic rings. The van der Waals surface area contributed by atoms with Crippen LogP contribution in [0.25, 0.3) is 10.7 Å². The fourth-order valence-electron chi connectivity index (χ4n) is 2.86. The minimum Gasteiger partial charge on any atom is -0.339 e. The molecule has 1 fully saturated rings. The molecular weight excluding hydrogens is 424 g/mol. The van der Waals surface area contributed by atoms with Crippen LogP contribution in [-0.2, 0) is 14.8 Å². The van der Waals surface area contributed by atoms with Crippen molar-refractivity contribution in [2.45, 2.75) is 50.5 Å². The van der Waals surface area contributed by atoms with Crippen molar-refractivity contribution in [2.24, 2.45) is 0 Å². The summed E-state index contributed by atoms with van der Waals surface area (Å²) >= 11 is 1.44. The summed E-state index contributed by atoms with van der Waals surface area (Å²) in [6.45, 7) is 5.25. The van der Waals surface area contributed by atoms with Crippen LogP contribution in [0.4, 0.5) is 5.69 Å². The maximum atomic E-state index is 12.6. The van der Waals surface area contributed by atoms with Crippen molar-refractivity contribution in [3.05, 3.63) is 46.7 Å². The second-order valence-electron chi connectivity index (χ2n) is 7.46. The van der Waals surface area contributed by atoms with Gasteiger partial charge in [0.05, 0.1) is 21.5 Å². The van der Waals surface area contributed by atoms with Gasteiger partial charge in [0.2, 0.25) is 27.6 Å². The number of hydrogen-bond donors (Lipinski definition) is 2. The molecular formula is C20H22N4O4S2. The van der Waals surface area contributed by atoms with Gasteiger partial charge in [-0.2, -0.15) is 9.71 Å². The Hall–Kier alpha value is -2.56. The van der Waals surface area contributed by atoms with E-state index in [9.17, 15) is 13.2 Å². The predicted molar refractivity (Wildman–Crippen MR) is 114 cm³/mol. The number of rotatable bonds is 7. The summed E-state index contributed by atoms with van der Waals surface area (Å²) in [5, 5.41) is 6.81. The Morgan fingerprint density at radius 1 is 1.23 bits per heavy atom. The highest BCUT2D eigenvalue weighted by molar-refractivity contribution is 7.89. The van der Waals surface area contributed by atoms with Gasteiger partial charge in [-0.3, -0.25) is 4.79 Å². The highest BCUT2D eigenvalue weighted by Crippen LogP contribution is 2.40. The highest BCUT2D eigenvalue weighted by atomic mass is 32.2. The molecule has 0 aliphatic heterocycles. The van der Waals surface area contributed by atoms with Crippen molar-refractivity contribution < 1.29 is 17.7 Å². The average molecular weight is 447 g/mol. The summed E-state index contributed by atoms with van der Waals surface area (Å²) < 4.78 is 32.7. The van der Waals surface area contributed by atoms with E-state index in [4.69, 9.17) is 4.52 Å². The lowest BCUT2D eigenvalue weighted by Gasteiger charge is -2.14. The highest BCUT2D eigenvalue weighted by Gasteiger charge is 2.30. The molecule has 0 spiro atoms. The molecule has 0 saturated heterocycles. The van der Waals surface area contributed by atoms with Crippen LogP contribution in [0.1, 0.15) is 42.0 Å². The van der Waals surface area contributed by atoms with E-state index in [0.717, 1.165) is 28.2 Å². The number of aryl methyl sites for hydroxylation is 2. The Morgan fingerprint density at radius 3 is 2.60 bits per heavy atom. The van der Waals surface area contributed by atoms with Gasteiger partial charge in [-0.1, -0.05) is 22.9 Å². The summed E-state index contributed by atoms with van der Waals surface area (Å²) in [5.41, 5.74) is 1.55.